The van der Waals surface area contributed by atoms with Crippen LogP contribution in [0.1, 0.15) is 29.6 Å². The highest BCUT2D eigenvalue weighted by molar-refractivity contribution is 5.94. The molecule has 3 rings (SSSR count). The van der Waals surface area contributed by atoms with Crippen LogP contribution in [0.15, 0.2) is 36.4 Å². The fourth-order valence-corrected chi connectivity index (χ4v) is 3.49. The number of carbonyl (C=O) groups is 1. The van der Waals surface area contributed by atoms with Crippen molar-refractivity contribution < 1.29 is 14.1 Å². The summed E-state index contributed by atoms with van der Waals surface area (Å²) < 4.78 is 13.7. The Balaban J connectivity index is 1.52. The minimum Gasteiger partial charge on any atom is -0.332 e. The van der Waals surface area contributed by atoms with E-state index in [2.05, 4.69) is 12.2 Å². The van der Waals surface area contributed by atoms with Gasteiger partial charge in [-0.15, -0.1) is 0 Å². The van der Waals surface area contributed by atoms with Crippen LogP contribution in [0.3, 0.4) is 0 Å². The molecular weight excluding hydrogens is 279 g/mol. The van der Waals surface area contributed by atoms with Crippen molar-refractivity contribution in [3.63, 3.8) is 0 Å². The van der Waals surface area contributed by atoms with Gasteiger partial charge >= 0.3 is 0 Å². The van der Waals surface area contributed by atoms with E-state index in [-0.39, 0.29) is 11.5 Å². The third-order valence-corrected chi connectivity index (χ3v) is 4.82. The molecule has 4 heteroatoms. The van der Waals surface area contributed by atoms with Crippen molar-refractivity contribution in [2.24, 2.45) is 5.92 Å². The highest BCUT2D eigenvalue weighted by Crippen LogP contribution is 2.16. The summed E-state index contributed by atoms with van der Waals surface area (Å²) in [4.78, 5) is 15.8. The molecule has 1 fully saturated rings. The van der Waals surface area contributed by atoms with E-state index in [0.29, 0.717) is 0 Å². The van der Waals surface area contributed by atoms with Crippen molar-refractivity contribution in [3.05, 3.63) is 47.8 Å². The molecule has 1 atom stereocenters. The monoisotopic (exact) mass is 303 g/mol. The first-order valence-electron chi connectivity index (χ1n) is 8.26. The Kier molecular flexibility index (Phi) is 4.88. The van der Waals surface area contributed by atoms with Crippen LogP contribution in [0, 0.1) is 11.7 Å². The summed E-state index contributed by atoms with van der Waals surface area (Å²) >= 11 is 0. The standard InChI is InChI=1S/C18H23FN2O/c19-17-9-5-4-8-16(17)18(22)21-12-10-20(11-13-21)14-15-6-2-1-3-7-15/h1-2,4-5,8-9,15H,3,6-7,10-14H2/p+1. The maximum atomic E-state index is 13.7. The van der Waals surface area contributed by atoms with Crippen LogP contribution in [-0.4, -0.2) is 43.5 Å². The summed E-state index contributed by atoms with van der Waals surface area (Å²) in [6.07, 6.45) is 8.26. The number of carbonyl (C=O) groups excluding carboxylic acids is 1. The summed E-state index contributed by atoms with van der Waals surface area (Å²) in [7, 11) is 0. The lowest BCUT2D eigenvalue weighted by Crippen LogP contribution is -3.15. The summed E-state index contributed by atoms with van der Waals surface area (Å²) in [5, 5.41) is 0. The molecule has 1 saturated heterocycles. The number of hydrogen-bond acceptors (Lipinski definition) is 1. The zero-order valence-electron chi connectivity index (χ0n) is 12.9. The molecule has 22 heavy (non-hydrogen) atoms. The molecule has 1 N–H and O–H groups in total. The second kappa shape index (κ2) is 7.05. The Bertz CT molecular complexity index is 550. The number of nitrogens with one attached hydrogen (secondary N) is 1. The van der Waals surface area contributed by atoms with E-state index in [4.69, 9.17) is 0 Å². The van der Waals surface area contributed by atoms with Crippen LogP contribution in [0.4, 0.5) is 4.39 Å². The minimum absolute atomic E-state index is 0.169. The normalized spacial score (nSPS) is 22.8. The Morgan fingerprint density at radius 2 is 2.00 bits per heavy atom. The lowest BCUT2D eigenvalue weighted by molar-refractivity contribution is -0.907. The van der Waals surface area contributed by atoms with E-state index in [1.165, 1.54) is 31.9 Å². The Morgan fingerprint density at radius 3 is 2.68 bits per heavy atom. The van der Waals surface area contributed by atoms with Crippen molar-refractivity contribution in [2.75, 3.05) is 32.7 Å². The SMILES string of the molecule is O=C(c1ccccc1F)N1CC[NH+](CC2CC=CCC2)CC1. The third kappa shape index (κ3) is 3.55. The van der Waals surface area contributed by atoms with Gasteiger partial charge in [0, 0.05) is 5.92 Å². The molecule has 0 spiro atoms. The number of piperazine rings is 1. The molecule has 1 aliphatic carbocycles. The molecule has 1 amide bonds. The highest BCUT2D eigenvalue weighted by Gasteiger charge is 2.27. The molecule has 2 aliphatic rings. The molecule has 0 bridgehead atoms. The van der Waals surface area contributed by atoms with Crippen LogP contribution >= 0.6 is 0 Å². The average Bonchev–Trinajstić information content (AvgIpc) is 2.56. The van der Waals surface area contributed by atoms with Crippen molar-refractivity contribution in [2.45, 2.75) is 19.3 Å². The van der Waals surface area contributed by atoms with Crippen molar-refractivity contribution in [1.82, 2.24) is 4.90 Å². The first kappa shape index (κ1) is 15.2. The van der Waals surface area contributed by atoms with E-state index in [9.17, 15) is 9.18 Å². The molecule has 0 radical (unpaired) electrons. The van der Waals surface area contributed by atoms with Gasteiger partial charge in [-0.1, -0.05) is 24.3 Å². The fourth-order valence-electron chi connectivity index (χ4n) is 3.49. The number of hydrogen-bond donors (Lipinski definition) is 1. The van der Waals surface area contributed by atoms with E-state index >= 15 is 0 Å². The van der Waals surface area contributed by atoms with E-state index in [1.54, 1.807) is 28.0 Å². The number of nitrogens with zero attached hydrogens (tertiary/aromatic N) is 1. The fraction of sp³-hybridized carbons (Fsp3) is 0.500. The zero-order chi connectivity index (χ0) is 15.4. The van der Waals surface area contributed by atoms with Gasteiger partial charge in [0.2, 0.25) is 0 Å². The molecule has 1 aromatic rings. The van der Waals surface area contributed by atoms with Crippen LogP contribution in [0.2, 0.25) is 0 Å². The average molecular weight is 303 g/mol. The minimum atomic E-state index is -0.420. The summed E-state index contributed by atoms with van der Waals surface area (Å²) in [6, 6.07) is 6.26. The Hall–Kier alpha value is -1.68. The summed E-state index contributed by atoms with van der Waals surface area (Å²) in [6.45, 7) is 4.60. The summed E-state index contributed by atoms with van der Waals surface area (Å²) in [5.74, 6) is 0.197. The van der Waals surface area contributed by atoms with Crippen molar-refractivity contribution in [3.8, 4) is 0 Å². The third-order valence-electron chi connectivity index (χ3n) is 4.82. The van der Waals surface area contributed by atoms with E-state index in [0.717, 1.165) is 32.1 Å². The van der Waals surface area contributed by atoms with Gasteiger partial charge in [0.05, 0.1) is 38.3 Å². The lowest BCUT2D eigenvalue weighted by Gasteiger charge is -2.34. The maximum absolute atomic E-state index is 13.7. The number of quaternary nitrogens is 1. The van der Waals surface area contributed by atoms with Crippen LogP contribution in [-0.2, 0) is 0 Å². The quantitative estimate of drug-likeness (QED) is 0.842. The summed E-state index contributed by atoms with van der Waals surface area (Å²) in [5.41, 5.74) is 0.198. The van der Waals surface area contributed by atoms with Gasteiger partial charge in [-0.2, -0.15) is 0 Å². The molecule has 3 nitrogen and oxygen atoms in total. The topological polar surface area (TPSA) is 24.8 Å². The van der Waals surface area contributed by atoms with Crippen LogP contribution in [0.25, 0.3) is 0 Å². The smallest absolute Gasteiger partial charge is 0.257 e. The molecule has 1 unspecified atom stereocenters. The number of rotatable bonds is 3. The van der Waals surface area contributed by atoms with Gasteiger partial charge in [-0.25, -0.2) is 4.39 Å². The number of halogens is 1. The first-order chi connectivity index (χ1) is 10.7. The molecular formula is C18H24FN2O+. The highest BCUT2D eigenvalue weighted by atomic mass is 19.1. The number of amides is 1. The Morgan fingerprint density at radius 1 is 1.23 bits per heavy atom. The van der Waals surface area contributed by atoms with Gasteiger partial charge in [0.15, 0.2) is 0 Å². The number of benzene rings is 1. The van der Waals surface area contributed by atoms with Gasteiger partial charge in [-0.3, -0.25) is 4.79 Å². The molecule has 118 valence electrons. The van der Waals surface area contributed by atoms with Gasteiger partial charge in [-0.05, 0) is 31.4 Å². The molecule has 0 aromatic heterocycles. The number of allylic oxidation sites excluding steroid dienone is 2. The van der Waals surface area contributed by atoms with Crippen molar-refractivity contribution >= 4 is 5.91 Å². The largest absolute Gasteiger partial charge is 0.332 e. The molecule has 1 heterocycles. The second-order valence-corrected chi connectivity index (χ2v) is 6.38. The van der Waals surface area contributed by atoms with Gasteiger partial charge in [0.1, 0.15) is 5.82 Å². The van der Waals surface area contributed by atoms with Crippen molar-refractivity contribution in [1.29, 1.82) is 0 Å². The second-order valence-electron chi connectivity index (χ2n) is 6.38. The van der Waals surface area contributed by atoms with E-state index in [1.807, 2.05) is 0 Å². The van der Waals surface area contributed by atoms with E-state index < -0.39 is 5.82 Å². The Labute approximate surface area is 131 Å². The van der Waals surface area contributed by atoms with Crippen LogP contribution in [0.5, 0.6) is 0 Å². The molecule has 1 aliphatic heterocycles. The van der Waals surface area contributed by atoms with Crippen LogP contribution < -0.4 is 4.90 Å². The zero-order valence-corrected chi connectivity index (χ0v) is 12.9. The first-order valence-corrected chi connectivity index (χ1v) is 8.26. The predicted octanol–water partition coefficient (Wildman–Crippen LogP) is 1.52. The lowest BCUT2D eigenvalue weighted by atomic mass is 9.94. The van der Waals surface area contributed by atoms with Gasteiger partial charge in [0.25, 0.3) is 5.91 Å². The predicted molar refractivity (Wildman–Crippen MR) is 84.3 cm³/mol. The van der Waals surface area contributed by atoms with Gasteiger partial charge < -0.3 is 9.80 Å². The maximum Gasteiger partial charge on any atom is 0.257 e. The molecule has 1 aromatic carbocycles. The molecule has 0 saturated carbocycles.